The molecule has 0 saturated carbocycles. The number of rotatable bonds is 8. The van der Waals surface area contributed by atoms with Gasteiger partial charge in [-0.15, -0.1) is 0 Å². The molecule has 8 heteroatoms. The van der Waals surface area contributed by atoms with Crippen LogP contribution >= 0.6 is 11.8 Å². The van der Waals surface area contributed by atoms with Gasteiger partial charge in [0.05, 0.1) is 21.6 Å². The highest BCUT2D eigenvalue weighted by atomic mass is 32.2. The van der Waals surface area contributed by atoms with Crippen molar-refractivity contribution >= 4 is 51.1 Å². The molecule has 1 saturated heterocycles. The Labute approximate surface area is 253 Å². The molecule has 1 atom stereocenters. The number of carbonyl (C=O) groups is 1. The number of carbonyl (C=O) groups excluding carboxylic acids is 1. The molecule has 7 nitrogen and oxygen atoms in total. The number of nitro benzene ring substituents is 1. The van der Waals surface area contributed by atoms with Crippen LogP contribution in [0.4, 0.5) is 11.4 Å². The number of hydrogen-bond acceptors (Lipinski definition) is 6. The minimum absolute atomic E-state index is 0.0268. The van der Waals surface area contributed by atoms with Gasteiger partial charge in [-0.1, -0.05) is 78.9 Å². The van der Waals surface area contributed by atoms with Crippen LogP contribution in [0.25, 0.3) is 16.8 Å². The molecule has 1 aliphatic rings. The average molecular weight is 586 g/mol. The molecular weight excluding hydrogens is 558 g/mol. The quantitative estimate of drug-likeness (QED) is 0.103. The molecule has 0 aromatic heterocycles. The third-order valence-corrected chi connectivity index (χ3v) is 8.22. The Kier molecular flexibility index (Phi) is 8.02. The van der Waals surface area contributed by atoms with Crippen molar-refractivity contribution < 1.29 is 14.5 Å². The van der Waals surface area contributed by atoms with Crippen LogP contribution in [-0.2, 0) is 11.4 Å². The maximum absolute atomic E-state index is 14.1. The van der Waals surface area contributed by atoms with E-state index < -0.39 is 4.92 Å². The second kappa shape index (κ2) is 12.3. The zero-order valence-electron chi connectivity index (χ0n) is 23.3. The zero-order chi connectivity index (χ0) is 29.8. The first kappa shape index (κ1) is 27.9. The van der Waals surface area contributed by atoms with Gasteiger partial charge in [-0.25, -0.2) is 4.99 Å². The number of nitrogens with zero attached hydrogens (tertiary/aromatic N) is 3. The Morgan fingerprint density at radius 1 is 0.884 bits per heavy atom. The lowest BCUT2D eigenvalue weighted by Crippen LogP contribution is -2.32. The molecule has 5 aromatic rings. The Balaban J connectivity index is 1.39. The van der Waals surface area contributed by atoms with E-state index in [1.165, 1.54) is 23.9 Å². The summed E-state index contributed by atoms with van der Waals surface area (Å²) in [5.74, 6) is 0.472. The Morgan fingerprint density at radius 3 is 2.28 bits per heavy atom. The Morgan fingerprint density at radius 2 is 1.56 bits per heavy atom. The van der Waals surface area contributed by atoms with Crippen LogP contribution in [0.2, 0.25) is 0 Å². The SMILES string of the molecule is C[C@H](c1ccccc1)N1C(=O)/C(=C\c2c(OCc3ccc([N+](=O)[O-])cc3)ccc3ccccc23)SC1=Nc1ccccc1. The highest BCUT2D eigenvalue weighted by molar-refractivity contribution is 8.18. The van der Waals surface area contributed by atoms with E-state index >= 15 is 0 Å². The summed E-state index contributed by atoms with van der Waals surface area (Å²) in [5.41, 5.74) is 3.38. The summed E-state index contributed by atoms with van der Waals surface area (Å²) >= 11 is 1.34. The van der Waals surface area contributed by atoms with Gasteiger partial charge in [0.2, 0.25) is 0 Å². The average Bonchev–Trinajstić information content (AvgIpc) is 3.34. The lowest BCUT2D eigenvalue weighted by atomic mass is 10.0. The number of non-ortho nitro benzene ring substituents is 1. The number of aliphatic imine (C=N–C) groups is 1. The number of amides is 1. The number of fused-ring (bicyclic) bond motifs is 1. The van der Waals surface area contributed by atoms with Crippen molar-refractivity contribution in [2.24, 2.45) is 4.99 Å². The molecule has 1 aliphatic heterocycles. The lowest BCUT2D eigenvalue weighted by molar-refractivity contribution is -0.384. The molecule has 1 fully saturated rings. The maximum Gasteiger partial charge on any atom is 0.269 e. The molecule has 0 bridgehead atoms. The fraction of sp³-hybridized carbons (Fsp3) is 0.0857. The standard InChI is InChI=1S/C35H27N3O4S/c1-24(26-10-4-2-5-11-26)37-34(39)33(43-35(37)36-28-13-6-3-7-14-28)22-31-30-15-9-8-12-27(30)18-21-32(31)42-23-25-16-19-29(20-17-25)38(40)41/h2-22,24H,23H2,1H3/b33-22+,36-35?/t24-/m1/s1. The van der Waals surface area contributed by atoms with E-state index in [0.717, 1.165) is 33.2 Å². The van der Waals surface area contributed by atoms with Crippen molar-refractivity contribution in [1.82, 2.24) is 4.90 Å². The molecule has 1 amide bonds. The maximum atomic E-state index is 14.1. The van der Waals surface area contributed by atoms with Crippen molar-refractivity contribution in [3.8, 4) is 5.75 Å². The van der Waals surface area contributed by atoms with Gasteiger partial charge in [-0.05, 0) is 77.0 Å². The minimum atomic E-state index is -0.425. The lowest BCUT2D eigenvalue weighted by Gasteiger charge is -2.24. The third-order valence-electron chi connectivity index (χ3n) is 7.23. The van der Waals surface area contributed by atoms with Crippen molar-refractivity contribution in [1.29, 1.82) is 0 Å². The summed E-state index contributed by atoms with van der Waals surface area (Å²) in [7, 11) is 0. The number of benzene rings is 5. The monoisotopic (exact) mass is 585 g/mol. The first-order chi connectivity index (χ1) is 21.0. The van der Waals surface area contributed by atoms with Crippen LogP contribution in [0.5, 0.6) is 5.75 Å². The molecule has 0 N–H and O–H groups in total. The van der Waals surface area contributed by atoms with Gasteiger partial charge in [-0.2, -0.15) is 0 Å². The molecule has 0 spiro atoms. The third kappa shape index (κ3) is 6.05. The molecule has 1 heterocycles. The fourth-order valence-electron chi connectivity index (χ4n) is 4.96. The summed E-state index contributed by atoms with van der Waals surface area (Å²) < 4.78 is 6.26. The summed E-state index contributed by atoms with van der Waals surface area (Å²) in [5, 5.41) is 13.6. The highest BCUT2D eigenvalue weighted by Crippen LogP contribution is 2.41. The molecule has 212 valence electrons. The van der Waals surface area contributed by atoms with E-state index in [0.29, 0.717) is 15.8 Å². The summed E-state index contributed by atoms with van der Waals surface area (Å²) in [6, 6.07) is 37.4. The highest BCUT2D eigenvalue weighted by Gasteiger charge is 2.37. The molecule has 0 aliphatic carbocycles. The zero-order valence-corrected chi connectivity index (χ0v) is 24.1. The fourth-order valence-corrected chi connectivity index (χ4v) is 6.01. The second-order valence-electron chi connectivity index (χ2n) is 10.0. The van der Waals surface area contributed by atoms with Gasteiger partial charge >= 0.3 is 0 Å². The number of thioether (sulfide) groups is 1. The normalized spacial score (nSPS) is 15.7. The molecular formula is C35H27N3O4S. The van der Waals surface area contributed by atoms with Crippen LogP contribution in [-0.4, -0.2) is 20.9 Å². The van der Waals surface area contributed by atoms with E-state index in [1.54, 1.807) is 17.0 Å². The van der Waals surface area contributed by atoms with Crippen LogP contribution in [0.1, 0.15) is 29.7 Å². The minimum Gasteiger partial charge on any atom is -0.488 e. The predicted molar refractivity (Wildman–Crippen MR) is 172 cm³/mol. The Bertz CT molecular complexity index is 1860. The summed E-state index contributed by atoms with van der Waals surface area (Å²) in [6.07, 6.45) is 1.89. The topological polar surface area (TPSA) is 85.0 Å². The molecule has 0 radical (unpaired) electrons. The summed E-state index contributed by atoms with van der Waals surface area (Å²) in [4.78, 5) is 31.9. The number of para-hydroxylation sites is 1. The van der Waals surface area contributed by atoms with E-state index in [1.807, 2.05) is 110 Å². The van der Waals surface area contributed by atoms with E-state index in [-0.39, 0.29) is 24.2 Å². The van der Waals surface area contributed by atoms with Gasteiger partial charge < -0.3 is 4.74 Å². The molecule has 43 heavy (non-hydrogen) atoms. The van der Waals surface area contributed by atoms with Crippen molar-refractivity contribution in [2.75, 3.05) is 0 Å². The van der Waals surface area contributed by atoms with Crippen molar-refractivity contribution in [3.05, 3.63) is 153 Å². The van der Waals surface area contributed by atoms with Gasteiger partial charge in [-0.3, -0.25) is 19.8 Å². The van der Waals surface area contributed by atoms with Crippen molar-refractivity contribution in [2.45, 2.75) is 19.6 Å². The van der Waals surface area contributed by atoms with Crippen LogP contribution in [0, 0.1) is 10.1 Å². The number of ether oxygens (including phenoxy) is 1. The van der Waals surface area contributed by atoms with E-state index in [9.17, 15) is 14.9 Å². The van der Waals surface area contributed by atoms with E-state index in [2.05, 4.69) is 0 Å². The number of nitro groups is 1. The molecule has 5 aromatic carbocycles. The van der Waals surface area contributed by atoms with E-state index in [4.69, 9.17) is 9.73 Å². The van der Waals surface area contributed by atoms with Gasteiger partial charge in [0.25, 0.3) is 11.6 Å². The smallest absolute Gasteiger partial charge is 0.269 e. The van der Waals surface area contributed by atoms with Crippen LogP contribution in [0.15, 0.2) is 131 Å². The van der Waals surface area contributed by atoms with Crippen molar-refractivity contribution in [3.63, 3.8) is 0 Å². The number of amidine groups is 1. The van der Waals surface area contributed by atoms with Crippen LogP contribution < -0.4 is 4.74 Å². The molecule has 0 unspecified atom stereocenters. The van der Waals surface area contributed by atoms with Gasteiger partial charge in [0.15, 0.2) is 5.17 Å². The number of hydrogen-bond donors (Lipinski definition) is 0. The first-order valence-electron chi connectivity index (χ1n) is 13.8. The first-order valence-corrected chi connectivity index (χ1v) is 14.6. The van der Waals surface area contributed by atoms with Gasteiger partial charge in [0, 0.05) is 17.7 Å². The largest absolute Gasteiger partial charge is 0.488 e. The van der Waals surface area contributed by atoms with Gasteiger partial charge in [0.1, 0.15) is 12.4 Å². The summed E-state index contributed by atoms with van der Waals surface area (Å²) in [6.45, 7) is 2.22. The van der Waals surface area contributed by atoms with Crippen LogP contribution in [0.3, 0.4) is 0 Å². The Hall–Kier alpha value is -5.21. The molecule has 6 rings (SSSR count). The second-order valence-corrected chi connectivity index (χ2v) is 11.0. The predicted octanol–water partition coefficient (Wildman–Crippen LogP) is 8.69.